The number of carbonyl (C=O) groups is 1. The molecule has 0 saturated heterocycles. The maximum absolute atomic E-state index is 10.8. The molecule has 0 bridgehead atoms. The Morgan fingerprint density at radius 3 is 3.18 bits per heavy atom. The van der Waals surface area contributed by atoms with E-state index in [1.54, 1.807) is 11.3 Å². The highest BCUT2D eigenvalue weighted by atomic mass is 32.1. The highest BCUT2D eigenvalue weighted by molar-refractivity contribution is 7.71. The Balaban J connectivity index is 2.19. The predicted octanol–water partition coefficient (Wildman–Crippen LogP) is 1.81. The van der Waals surface area contributed by atoms with Crippen molar-refractivity contribution in [3.8, 4) is 10.7 Å². The second-order valence-electron chi connectivity index (χ2n) is 3.46. The Morgan fingerprint density at radius 1 is 1.71 bits per heavy atom. The normalized spacial score (nSPS) is 10.4. The fraction of sp³-hybridized carbons (Fsp3) is 0.300. The quantitative estimate of drug-likeness (QED) is 0.831. The summed E-state index contributed by atoms with van der Waals surface area (Å²) in [5.74, 6) is 0.771. The second kappa shape index (κ2) is 5.24. The lowest BCUT2D eigenvalue weighted by Crippen LogP contribution is -2.24. The number of amides is 1. The maximum Gasteiger partial charge on any atom is 0.216 e. The molecule has 90 valence electrons. The number of hydrogen-bond acceptors (Lipinski definition) is 4. The molecule has 1 amide bonds. The Labute approximate surface area is 107 Å². The third-order valence-corrected chi connectivity index (χ3v) is 3.39. The minimum Gasteiger partial charge on any atom is -0.355 e. The average molecular weight is 268 g/mol. The van der Waals surface area contributed by atoms with Crippen LogP contribution in [0.15, 0.2) is 17.5 Å². The summed E-state index contributed by atoms with van der Waals surface area (Å²) < 4.78 is 2.45. The molecule has 0 aromatic carbocycles. The molecule has 0 aliphatic heterocycles. The van der Waals surface area contributed by atoms with Gasteiger partial charge in [0, 0.05) is 20.0 Å². The number of nitrogens with one attached hydrogen (secondary N) is 2. The predicted molar refractivity (Wildman–Crippen MR) is 69.4 cm³/mol. The molecule has 7 heteroatoms. The lowest BCUT2D eigenvalue weighted by Gasteiger charge is -2.05. The van der Waals surface area contributed by atoms with Gasteiger partial charge in [0.25, 0.3) is 0 Å². The van der Waals surface area contributed by atoms with Crippen molar-refractivity contribution in [3.05, 3.63) is 22.3 Å². The lowest BCUT2D eigenvalue weighted by atomic mass is 10.4. The molecule has 2 aromatic rings. The van der Waals surface area contributed by atoms with Gasteiger partial charge in [0.2, 0.25) is 5.91 Å². The van der Waals surface area contributed by atoms with E-state index < -0.39 is 0 Å². The monoisotopic (exact) mass is 268 g/mol. The molecule has 0 spiro atoms. The van der Waals surface area contributed by atoms with E-state index in [4.69, 9.17) is 12.2 Å². The molecule has 2 N–H and O–H groups in total. The summed E-state index contributed by atoms with van der Waals surface area (Å²) in [6.07, 6.45) is 0. The molecular formula is C10H12N4OS2. The van der Waals surface area contributed by atoms with Crippen LogP contribution < -0.4 is 5.32 Å². The molecule has 2 rings (SSSR count). The topological polar surface area (TPSA) is 62.7 Å². The van der Waals surface area contributed by atoms with Gasteiger partial charge in [-0.05, 0) is 23.7 Å². The van der Waals surface area contributed by atoms with E-state index in [2.05, 4.69) is 15.5 Å². The van der Waals surface area contributed by atoms with Gasteiger partial charge in [-0.3, -0.25) is 14.5 Å². The number of hydrogen-bond donors (Lipinski definition) is 2. The highest BCUT2D eigenvalue weighted by Crippen LogP contribution is 2.22. The zero-order valence-corrected chi connectivity index (χ0v) is 10.9. The Hall–Kier alpha value is -1.47. The standard InChI is InChI=1S/C10H12N4OS2/c1-7(15)11-4-5-14-9(12-13-10(14)16)8-3-2-6-17-8/h2-3,6H,4-5H2,1H3,(H,11,15)(H,13,16). The van der Waals surface area contributed by atoms with Gasteiger partial charge in [-0.2, -0.15) is 5.10 Å². The number of rotatable bonds is 4. The number of H-pyrrole nitrogens is 1. The number of nitrogens with zero attached hydrogens (tertiary/aromatic N) is 2. The Morgan fingerprint density at radius 2 is 2.53 bits per heavy atom. The van der Waals surface area contributed by atoms with Gasteiger partial charge in [-0.1, -0.05) is 6.07 Å². The van der Waals surface area contributed by atoms with Crippen LogP contribution in [0.1, 0.15) is 6.92 Å². The Bertz CT molecular complexity index is 555. The van der Waals surface area contributed by atoms with Gasteiger partial charge in [0.1, 0.15) is 0 Å². The first-order chi connectivity index (χ1) is 8.18. The van der Waals surface area contributed by atoms with Crippen molar-refractivity contribution in [2.75, 3.05) is 6.54 Å². The molecule has 0 saturated carbocycles. The fourth-order valence-corrected chi connectivity index (χ4v) is 2.41. The highest BCUT2D eigenvalue weighted by Gasteiger charge is 2.09. The number of carbonyl (C=O) groups excluding carboxylic acids is 1. The molecule has 17 heavy (non-hydrogen) atoms. The molecule has 0 atom stereocenters. The van der Waals surface area contributed by atoms with Gasteiger partial charge in [-0.25, -0.2) is 0 Å². The van der Waals surface area contributed by atoms with Gasteiger partial charge >= 0.3 is 0 Å². The lowest BCUT2D eigenvalue weighted by molar-refractivity contribution is -0.118. The Kier molecular flexibility index (Phi) is 3.70. The minimum atomic E-state index is -0.0438. The first-order valence-corrected chi connectivity index (χ1v) is 6.41. The van der Waals surface area contributed by atoms with Gasteiger partial charge in [0.15, 0.2) is 10.6 Å². The van der Waals surface area contributed by atoms with Crippen molar-refractivity contribution in [2.45, 2.75) is 13.5 Å². The SMILES string of the molecule is CC(=O)NCCn1c(-c2cccs2)n[nH]c1=S. The summed E-state index contributed by atoms with van der Waals surface area (Å²) in [6.45, 7) is 2.65. The maximum atomic E-state index is 10.8. The average Bonchev–Trinajstić information content (AvgIpc) is 2.88. The van der Waals surface area contributed by atoms with Crippen molar-refractivity contribution < 1.29 is 4.79 Å². The van der Waals surface area contributed by atoms with E-state index in [1.807, 2.05) is 22.1 Å². The third-order valence-electron chi connectivity index (χ3n) is 2.21. The van der Waals surface area contributed by atoms with Crippen molar-refractivity contribution in [1.29, 1.82) is 0 Å². The van der Waals surface area contributed by atoms with Crippen molar-refractivity contribution in [1.82, 2.24) is 20.1 Å². The fourth-order valence-electron chi connectivity index (χ4n) is 1.46. The molecule has 0 aliphatic rings. The molecule has 0 unspecified atom stereocenters. The number of aromatic nitrogens is 3. The van der Waals surface area contributed by atoms with Gasteiger partial charge in [0.05, 0.1) is 4.88 Å². The molecule has 0 aliphatic carbocycles. The van der Waals surface area contributed by atoms with E-state index in [1.165, 1.54) is 6.92 Å². The van der Waals surface area contributed by atoms with Crippen LogP contribution in [0, 0.1) is 4.77 Å². The molecule has 2 heterocycles. The number of thiophene rings is 1. The molecule has 2 aromatic heterocycles. The molecular weight excluding hydrogens is 256 g/mol. The van der Waals surface area contributed by atoms with Crippen LogP contribution >= 0.6 is 23.6 Å². The van der Waals surface area contributed by atoms with Crippen LogP contribution in [-0.2, 0) is 11.3 Å². The third kappa shape index (κ3) is 2.80. The van der Waals surface area contributed by atoms with E-state index in [9.17, 15) is 4.79 Å². The van der Waals surface area contributed by atoms with Crippen molar-refractivity contribution in [2.24, 2.45) is 0 Å². The van der Waals surface area contributed by atoms with E-state index in [-0.39, 0.29) is 5.91 Å². The smallest absolute Gasteiger partial charge is 0.216 e. The summed E-state index contributed by atoms with van der Waals surface area (Å²) >= 11 is 6.77. The zero-order chi connectivity index (χ0) is 12.3. The van der Waals surface area contributed by atoms with Crippen LogP contribution in [0.25, 0.3) is 10.7 Å². The second-order valence-corrected chi connectivity index (χ2v) is 4.80. The first-order valence-electron chi connectivity index (χ1n) is 5.12. The summed E-state index contributed by atoms with van der Waals surface area (Å²) in [5, 5.41) is 11.7. The first kappa shape index (κ1) is 12.0. The van der Waals surface area contributed by atoms with Crippen LogP contribution in [0.2, 0.25) is 0 Å². The van der Waals surface area contributed by atoms with E-state index >= 15 is 0 Å². The van der Waals surface area contributed by atoms with Crippen LogP contribution in [0.3, 0.4) is 0 Å². The molecule has 0 radical (unpaired) electrons. The summed E-state index contributed by atoms with van der Waals surface area (Å²) in [4.78, 5) is 11.9. The van der Waals surface area contributed by atoms with E-state index in [0.717, 1.165) is 10.7 Å². The van der Waals surface area contributed by atoms with Crippen molar-refractivity contribution in [3.63, 3.8) is 0 Å². The largest absolute Gasteiger partial charge is 0.355 e. The van der Waals surface area contributed by atoms with Gasteiger partial charge in [-0.15, -0.1) is 11.3 Å². The van der Waals surface area contributed by atoms with Crippen LogP contribution in [-0.4, -0.2) is 27.2 Å². The van der Waals surface area contributed by atoms with Crippen LogP contribution in [0.4, 0.5) is 0 Å². The minimum absolute atomic E-state index is 0.0438. The van der Waals surface area contributed by atoms with Crippen LogP contribution in [0.5, 0.6) is 0 Å². The zero-order valence-electron chi connectivity index (χ0n) is 9.27. The number of aromatic amines is 1. The summed E-state index contributed by atoms with van der Waals surface area (Å²) in [6, 6.07) is 3.96. The summed E-state index contributed by atoms with van der Waals surface area (Å²) in [5.41, 5.74) is 0. The summed E-state index contributed by atoms with van der Waals surface area (Å²) in [7, 11) is 0. The van der Waals surface area contributed by atoms with E-state index in [0.29, 0.717) is 17.9 Å². The molecule has 0 fully saturated rings. The van der Waals surface area contributed by atoms with Gasteiger partial charge < -0.3 is 5.32 Å². The molecule has 5 nitrogen and oxygen atoms in total. The van der Waals surface area contributed by atoms with Crippen molar-refractivity contribution >= 4 is 29.5 Å².